The number of hydrogen-bond acceptors (Lipinski definition) is 3. The van der Waals surface area contributed by atoms with Crippen LogP contribution in [0.2, 0.25) is 6.04 Å². The van der Waals surface area contributed by atoms with Gasteiger partial charge in [0.25, 0.3) is 0 Å². The fourth-order valence-electron chi connectivity index (χ4n) is 5.38. The molecule has 4 radical (unpaired) electrons. The first-order chi connectivity index (χ1) is 16.6. The molecule has 0 aliphatic carbocycles. The summed E-state index contributed by atoms with van der Waals surface area (Å²) in [4.78, 5) is 20.8. The topological polar surface area (TPSA) is 49.7 Å². The lowest BCUT2D eigenvalue weighted by Crippen LogP contribution is -2.53. The Morgan fingerprint density at radius 3 is 2.00 bits per heavy atom. The Kier molecular flexibility index (Phi) is 4.57. The highest BCUT2D eigenvalue weighted by Gasteiger charge is 2.40. The third kappa shape index (κ3) is 3.26. The largest absolute Gasteiger partial charge is 0.455 e. The molecular weight excluding hydrogens is 469 g/mol. The van der Waals surface area contributed by atoms with Crippen molar-refractivity contribution in [2.75, 3.05) is 0 Å². The summed E-state index contributed by atoms with van der Waals surface area (Å²) in [5.74, 6) is 0. The quantitative estimate of drug-likeness (QED) is 0.178. The van der Waals surface area contributed by atoms with Gasteiger partial charge in [-0.1, -0.05) is 60.7 Å². The highest BCUT2D eigenvalue weighted by molar-refractivity contribution is 7.37. The molecule has 0 aromatic heterocycles. The molecule has 0 saturated carbocycles. The average Bonchev–Trinajstić information content (AvgIpc) is 2.84. The van der Waals surface area contributed by atoms with Gasteiger partial charge in [-0.25, -0.2) is 0 Å². The molecule has 6 heteroatoms. The van der Waals surface area contributed by atoms with Crippen LogP contribution in [0.4, 0.5) is 0 Å². The third-order valence-electron chi connectivity index (χ3n) is 6.89. The summed E-state index contributed by atoms with van der Waals surface area (Å²) in [6, 6.07) is 33.5. The highest BCUT2D eigenvalue weighted by Crippen LogP contribution is 2.41. The van der Waals surface area contributed by atoms with E-state index in [1.807, 2.05) is 6.07 Å². The second kappa shape index (κ2) is 7.58. The van der Waals surface area contributed by atoms with Crippen LogP contribution >= 0.6 is 0 Å². The second-order valence-electron chi connectivity index (χ2n) is 9.01. The van der Waals surface area contributed by atoms with Crippen molar-refractivity contribution in [2.45, 2.75) is 12.1 Å². The van der Waals surface area contributed by atoms with Crippen molar-refractivity contribution < 1.29 is 14.0 Å². The maximum Gasteiger partial charge on any atom is 0.455 e. The molecule has 1 unspecified atom stereocenters. The number of fused-ring (bicyclic) bond motifs is 6. The van der Waals surface area contributed by atoms with E-state index < -0.39 is 8.32 Å². The Morgan fingerprint density at radius 1 is 0.618 bits per heavy atom. The SMILES string of the molecule is O[Si]1(O)OC(c2c3ccccc3cc3c2ccc2cc4cc5ccccc5cc4cc23)C[Si][Si]1. The Bertz CT molecular complexity index is 1760. The van der Waals surface area contributed by atoms with Crippen LogP contribution in [0.5, 0.6) is 0 Å². The molecular formula is C28H20O3Si3. The summed E-state index contributed by atoms with van der Waals surface area (Å²) in [5.41, 5.74) is 1.09. The molecule has 7 rings (SSSR count). The molecule has 2 N–H and O–H groups in total. The Balaban J connectivity index is 1.56. The molecule has 1 fully saturated rings. The summed E-state index contributed by atoms with van der Waals surface area (Å²) in [6.45, 7) is 0. The third-order valence-corrected chi connectivity index (χ3v) is 15.6. The van der Waals surface area contributed by atoms with E-state index in [0.29, 0.717) is 9.04 Å². The summed E-state index contributed by atoms with van der Waals surface area (Å²) < 4.78 is 5.98. The fraction of sp³-hybridized carbons (Fsp3) is 0.0714. The van der Waals surface area contributed by atoms with Crippen molar-refractivity contribution in [3.63, 3.8) is 0 Å². The monoisotopic (exact) mass is 488 g/mol. The van der Waals surface area contributed by atoms with Crippen LogP contribution in [-0.2, 0) is 4.43 Å². The summed E-state index contributed by atoms with van der Waals surface area (Å²) in [7, 11) is -2.93. The normalized spacial score (nSPS) is 18.4. The van der Waals surface area contributed by atoms with E-state index in [1.54, 1.807) is 0 Å². The van der Waals surface area contributed by atoms with Crippen LogP contribution in [0.3, 0.4) is 0 Å². The first-order valence-electron chi connectivity index (χ1n) is 11.4. The van der Waals surface area contributed by atoms with Crippen LogP contribution in [0.25, 0.3) is 53.9 Å². The van der Waals surface area contributed by atoms with E-state index >= 15 is 0 Å². The van der Waals surface area contributed by atoms with E-state index in [2.05, 4.69) is 84.9 Å². The zero-order valence-corrected chi connectivity index (χ0v) is 21.2. The maximum atomic E-state index is 10.4. The molecule has 0 spiro atoms. The van der Waals surface area contributed by atoms with Crippen LogP contribution < -0.4 is 0 Å². The van der Waals surface area contributed by atoms with Gasteiger partial charge in [0.15, 0.2) is 0 Å². The minimum atomic E-state index is -3.59. The Hall–Kier alpha value is -2.85. The summed E-state index contributed by atoms with van der Waals surface area (Å²) >= 11 is 0. The molecule has 1 atom stereocenters. The van der Waals surface area contributed by atoms with Gasteiger partial charge in [0.1, 0.15) is 8.55 Å². The first kappa shape index (κ1) is 20.5. The summed E-state index contributed by atoms with van der Waals surface area (Å²) in [6.07, 6.45) is -0.295. The molecule has 6 aromatic rings. The van der Waals surface area contributed by atoms with Crippen LogP contribution in [0, 0.1) is 0 Å². The van der Waals surface area contributed by atoms with Crippen LogP contribution in [-0.4, -0.2) is 35.5 Å². The highest BCUT2D eigenvalue weighted by atomic mass is 29.6. The van der Waals surface area contributed by atoms with Gasteiger partial charge in [-0.15, -0.1) is 0 Å². The predicted octanol–water partition coefficient (Wildman–Crippen LogP) is 5.69. The minimum Gasteiger partial charge on any atom is -0.393 e. The van der Waals surface area contributed by atoms with Gasteiger partial charge < -0.3 is 14.0 Å². The van der Waals surface area contributed by atoms with Crippen molar-refractivity contribution in [2.24, 2.45) is 0 Å². The standard InChI is InChI=1S/C28H20O3Si3/c29-34(30)31-27(16-32-33-34)28-23-8-4-3-7-19(23)14-26-24(28)10-9-20-13-21-11-17-5-1-2-6-18(17)12-22(21)15-25(20)26/h1-15,27,29-30H,16H2. The van der Waals surface area contributed by atoms with Gasteiger partial charge in [0, 0.05) is 9.04 Å². The molecule has 0 amide bonds. The predicted molar refractivity (Wildman–Crippen MR) is 144 cm³/mol. The molecule has 3 nitrogen and oxygen atoms in total. The zero-order valence-electron chi connectivity index (χ0n) is 18.2. The smallest absolute Gasteiger partial charge is 0.393 e. The molecule has 1 heterocycles. The lowest BCUT2D eigenvalue weighted by atomic mass is 9.90. The van der Waals surface area contributed by atoms with Crippen molar-refractivity contribution in [1.82, 2.24) is 0 Å². The number of hydrogen-bond donors (Lipinski definition) is 2. The second-order valence-corrected chi connectivity index (χ2v) is 17.5. The molecule has 1 saturated heterocycles. The van der Waals surface area contributed by atoms with Crippen molar-refractivity contribution in [3.8, 4) is 0 Å². The van der Waals surface area contributed by atoms with E-state index in [-0.39, 0.29) is 14.7 Å². The maximum absolute atomic E-state index is 10.4. The minimum absolute atomic E-state index is 0.134. The van der Waals surface area contributed by atoms with Gasteiger partial charge in [0.05, 0.1) is 6.10 Å². The van der Waals surface area contributed by atoms with E-state index in [1.165, 1.54) is 37.7 Å². The molecule has 0 bridgehead atoms. The van der Waals surface area contributed by atoms with Crippen LogP contribution in [0.1, 0.15) is 11.7 Å². The zero-order chi connectivity index (χ0) is 22.9. The van der Waals surface area contributed by atoms with Crippen LogP contribution in [0.15, 0.2) is 91.0 Å². The Morgan fingerprint density at radius 2 is 1.24 bits per heavy atom. The molecule has 6 aromatic carbocycles. The van der Waals surface area contributed by atoms with Crippen molar-refractivity contribution >= 4 is 79.8 Å². The van der Waals surface area contributed by atoms with Gasteiger partial charge in [-0.3, -0.25) is 0 Å². The van der Waals surface area contributed by atoms with E-state index in [9.17, 15) is 9.59 Å². The first-order valence-corrected chi connectivity index (χ1v) is 17.4. The van der Waals surface area contributed by atoms with E-state index in [4.69, 9.17) is 4.43 Å². The average molecular weight is 489 g/mol. The molecule has 162 valence electrons. The number of rotatable bonds is 1. The van der Waals surface area contributed by atoms with Crippen molar-refractivity contribution in [1.29, 1.82) is 0 Å². The molecule has 1 aliphatic heterocycles. The lowest BCUT2D eigenvalue weighted by Gasteiger charge is -2.31. The lowest BCUT2D eigenvalue weighted by molar-refractivity contribution is 0.118. The molecule has 34 heavy (non-hydrogen) atoms. The van der Waals surface area contributed by atoms with Gasteiger partial charge >= 0.3 is 8.32 Å². The van der Waals surface area contributed by atoms with Gasteiger partial charge in [0.2, 0.25) is 0 Å². The summed E-state index contributed by atoms with van der Waals surface area (Å²) in [5, 5.41) is 12.0. The Labute approximate surface area is 202 Å². The molecule has 1 aliphatic rings. The number of benzene rings is 6. The van der Waals surface area contributed by atoms with Gasteiger partial charge in [-0.2, -0.15) is 0 Å². The fourth-order valence-corrected chi connectivity index (χ4v) is 12.7. The van der Waals surface area contributed by atoms with Crippen molar-refractivity contribution in [3.05, 3.63) is 96.6 Å². The van der Waals surface area contributed by atoms with E-state index in [0.717, 1.165) is 27.8 Å². The van der Waals surface area contributed by atoms with Gasteiger partial charge in [-0.05, 0) is 95.8 Å².